The number of hydrogen-bond acceptors (Lipinski definition) is 6. The Morgan fingerprint density at radius 1 is 1.36 bits per heavy atom. The minimum atomic E-state index is -0.639. The fourth-order valence-electron chi connectivity index (χ4n) is 1.41. The Balaban J connectivity index is 3.12. The maximum atomic E-state index is 11.6. The van der Waals surface area contributed by atoms with Crippen molar-refractivity contribution in [3.63, 3.8) is 0 Å². The first-order chi connectivity index (χ1) is 10.3. The fourth-order valence-corrected chi connectivity index (χ4v) is 1.41. The number of non-ortho nitro benzene ring substituents is 1. The summed E-state index contributed by atoms with van der Waals surface area (Å²) >= 11 is 0. The monoisotopic (exact) mass is 308 g/mol. The standard InChI is InChI=1S/C14H16N2O6/c1-4-21-13(17)8-5-10-9-11(16(19)20)6-7-12(10)22-14(18)15(2)3/h5-9H,4H2,1-3H3/b8-5+. The lowest BCUT2D eigenvalue weighted by atomic mass is 10.1. The number of nitro groups is 1. The summed E-state index contributed by atoms with van der Waals surface area (Å²) in [6, 6.07) is 3.71. The van der Waals surface area contributed by atoms with E-state index in [0.717, 1.165) is 6.08 Å². The predicted octanol–water partition coefficient (Wildman–Crippen LogP) is 2.23. The van der Waals surface area contributed by atoms with Crippen molar-refractivity contribution in [3.05, 3.63) is 40.0 Å². The summed E-state index contributed by atoms with van der Waals surface area (Å²) in [5.74, 6) is -0.497. The lowest BCUT2D eigenvalue weighted by Crippen LogP contribution is -2.25. The molecule has 0 radical (unpaired) electrons. The van der Waals surface area contributed by atoms with Crippen molar-refractivity contribution < 1.29 is 24.0 Å². The van der Waals surface area contributed by atoms with E-state index < -0.39 is 17.0 Å². The number of hydrogen-bond donors (Lipinski definition) is 0. The van der Waals surface area contributed by atoms with Crippen molar-refractivity contribution in [2.75, 3.05) is 20.7 Å². The zero-order valence-corrected chi connectivity index (χ0v) is 12.4. The van der Waals surface area contributed by atoms with Crippen LogP contribution in [-0.4, -0.2) is 42.6 Å². The largest absolute Gasteiger partial charge is 0.463 e. The first-order valence-corrected chi connectivity index (χ1v) is 6.37. The molecule has 0 N–H and O–H groups in total. The molecule has 1 rings (SSSR count). The molecule has 0 aliphatic carbocycles. The van der Waals surface area contributed by atoms with Crippen LogP contribution in [0.1, 0.15) is 12.5 Å². The fraction of sp³-hybridized carbons (Fsp3) is 0.286. The van der Waals surface area contributed by atoms with Crippen molar-refractivity contribution >= 4 is 23.8 Å². The van der Waals surface area contributed by atoms with Crippen LogP contribution < -0.4 is 4.74 Å². The highest BCUT2D eigenvalue weighted by atomic mass is 16.6. The van der Waals surface area contributed by atoms with Crippen molar-refractivity contribution in [2.45, 2.75) is 6.92 Å². The molecule has 0 unspecified atom stereocenters. The summed E-state index contributed by atoms with van der Waals surface area (Å²) in [5.41, 5.74) is 0.0330. The topological polar surface area (TPSA) is 99.0 Å². The average Bonchev–Trinajstić information content (AvgIpc) is 2.46. The summed E-state index contributed by atoms with van der Waals surface area (Å²) in [7, 11) is 3.00. The number of nitrogens with zero attached hydrogens (tertiary/aromatic N) is 2. The van der Waals surface area contributed by atoms with Gasteiger partial charge < -0.3 is 14.4 Å². The number of nitro benzene ring substituents is 1. The zero-order chi connectivity index (χ0) is 16.7. The number of esters is 1. The van der Waals surface area contributed by atoms with Crippen molar-refractivity contribution in [1.29, 1.82) is 0 Å². The van der Waals surface area contributed by atoms with Crippen LogP contribution in [0.5, 0.6) is 5.75 Å². The van der Waals surface area contributed by atoms with Gasteiger partial charge in [0.25, 0.3) is 5.69 Å². The molecule has 0 atom stereocenters. The molecule has 1 amide bonds. The van der Waals surface area contributed by atoms with Crippen LogP contribution in [0.25, 0.3) is 6.08 Å². The molecule has 0 bridgehead atoms. The Labute approximate surface area is 127 Å². The van der Waals surface area contributed by atoms with Gasteiger partial charge in [-0.1, -0.05) is 0 Å². The molecule has 1 aromatic rings. The third-order valence-electron chi connectivity index (χ3n) is 2.45. The summed E-state index contributed by atoms with van der Waals surface area (Å²) in [5, 5.41) is 10.8. The van der Waals surface area contributed by atoms with Crippen molar-refractivity contribution in [3.8, 4) is 5.75 Å². The number of amides is 1. The quantitative estimate of drug-likeness (QED) is 0.358. The van der Waals surface area contributed by atoms with Gasteiger partial charge in [0, 0.05) is 37.9 Å². The molecular weight excluding hydrogens is 292 g/mol. The SMILES string of the molecule is CCOC(=O)/C=C/c1cc([N+](=O)[O-])ccc1OC(=O)N(C)C. The van der Waals surface area contributed by atoms with E-state index in [1.54, 1.807) is 6.92 Å². The van der Waals surface area contributed by atoms with E-state index in [2.05, 4.69) is 0 Å². The molecule has 0 aliphatic rings. The summed E-state index contributed by atoms with van der Waals surface area (Å²) < 4.78 is 9.82. The first kappa shape index (κ1) is 17.2. The molecule has 0 saturated heterocycles. The van der Waals surface area contributed by atoms with Gasteiger partial charge in [-0.15, -0.1) is 0 Å². The Morgan fingerprint density at radius 3 is 2.59 bits per heavy atom. The van der Waals surface area contributed by atoms with Crippen LogP contribution >= 0.6 is 0 Å². The maximum absolute atomic E-state index is 11.6. The van der Waals surface area contributed by atoms with Gasteiger partial charge in [-0.05, 0) is 19.1 Å². The maximum Gasteiger partial charge on any atom is 0.414 e. The molecule has 118 valence electrons. The van der Waals surface area contributed by atoms with Gasteiger partial charge in [0.1, 0.15) is 5.75 Å². The van der Waals surface area contributed by atoms with E-state index in [0.29, 0.717) is 0 Å². The molecule has 0 aromatic heterocycles. The predicted molar refractivity (Wildman–Crippen MR) is 78.5 cm³/mol. The van der Waals surface area contributed by atoms with Gasteiger partial charge in [-0.3, -0.25) is 10.1 Å². The molecule has 0 fully saturated rings. The Morgan fingerprint density at radius 2 is 2.05 bits per heavy atom. The van der Waals surface area contributed by atoms with Crippen LogP contribution in [0.15, 0.2) is 24.3 Å². The third-order valence-corrected chi connectivity index (χ3v) is 2.45. The van der Waals surface area contributed by atoms with E-state index in [1.807, 2.05) is 0 Å². The van der Waals surface area contributed by atoms with Gasteiger partial charge in [0.05, 0.1) is 11.5 Å². The highest BCUT2D eigenvalue weighted by Gasteiger charge is 2.14. The molecule has 0 saturated carbocycles. The molecular formula is C14H16N2O6. The summed E-state index contributed by atoms with van der Waals surface area (Å²) in [6.07, 6.45) is 1.76. The van der Waals surface area contributed by atoms with E-state index in [4.69, 9.17) is 9.47 Å². The minimum Gasteiger partial charge on any atom is -0.463 e. The Hall–Kier alpha value is -2.90. The van der Waals surface area contributed by atoms with E-state index in [9.17, 15) is 19.7 Å². The normalized spacial score (nSPS) is 10.3. The number of ether oxygens (including phenoxy) is 2. The molecule has 0 aliphatic heterocycles. The van der Waals surface area contributed by atoms with Gasteiger partial charge in [0.15, 0.2) is 0 Å². The highest BCUT2D eigenvalue weighted by molar-refractivity contribution is 5.88. The Bertz CT molecular complexity index is 609. The second kappa shape index (κ2) is 7.77. The number of rotatable bonds is 5. The second-order valence-electron chi connectivity index (χ2n) is 4.33. The van der Waals surface area contributed by atoms with Crippen LogP contribution in [0.2, 0.25) is 0 Å². The van der Waals surface area contributed by atoms with E-state index in [1.165, 1.54) is 43.3 Å². The van der Waals surface area contributed by atoms with Crippen molar-refractivity contribution in [2.24, 2.45) is 0 Å². The summed E-state index contributed by atoms with van der Waals surface area (Å²) in [4.78, 5) is 34.3. The molecule has 0 heterocycles. The Kier molecular flexibility index (Phi) is 6.06. The molecule has 1 aromatic carbocycles. The van der Waals surface area contributed by atoms with Crippen LogP contribution in [0.4, 0.5) is 10.5 Å². The lowest BCUT2D eigenvalue weighted by molar-refractivity contribution is -0.384. The van der Waals surface area contributed by atoms with E-state index in [-0.39, 0.29) is 23.6 Å². The molecule has 0 spiro atoms. The smallest absolute Gasteiger partial charge is 0.414 e. The molecule has 8 nitrogen and oxygen atoms in total. The number of benzene rings is 1. The lowest BCUT2D eigenvalue weighted by Gasteiger charge is -2.12. The zero-order valence-electron chi connectivity index (χ0n) is 12.4. The molecule has 22 heavy (non-hydrogen) atoms. The average molecular weight is 308 g/mol. The van der Waals surface area contributed by atoms with Crippen LogP contribution in [0, 0.1) is 10.1 Å². The van der Waals surface area contributed by atoms with Gasteiger partial charge >= 0.3 is 12.1 Å². The van der Waals surface area contributed by atoms with Crippen molar-refractivity contribution in [1.82, 2.24) is 4.90 Å². The van der Waals surface area contributed by atoms with Crippen LogP contribution in [-0.2, 0) is 9.53 Å². The van der Waals surface area contributed by atoms with Gasteiger partial charge in [-0.25, -0.2) is 9.59 Å². The van der Waals surface area contributed by atoms with E-state index >= 15 is 0 Å². The minimum absolute atomic E-state index is 0.102. The highest BCUT2D eigenvalue weighted by Crippen LogP contribution is 2.26. The number of carbonyl (C=O) groups excluding carboxylic acids is 2. The number of carbonyl (C=O) groups is 2. The first-order valence-electron chi connectivity index (χ1n) is 6.37. The van der Waals surface area contributed by atoms with Gasteiger partial charge in [0.2, 0.25) is 0 Å². The van der Waals surface area contributed by atoms with Crippen LogP contribution in [0.3, 0.4) is 0 Å². The third kappa shape index (κ3) is 4.89. The second-order valence-corrected chi connectivity index (χ2v) is 4.33. The summed E-state index contributed by atoms with van der Waals surface area (Å²) in [6.45, 7) is 1.87. The van der Waals surface area contributed by atoms with Gasteiger partial charge in [-0.2, -0.15) is 0 Å². The molecule has 8 heteroatoms.